The molecule has 0 aromatic rings. The Morgan fingerprint density at radius 3 is 2.50 bits per heavy atom. The average molecular weight is 256 g/mol. The van der Waals surface area contributed by atoms with Crippen LogP contribution in [0.2, 0.25) is 0 Å². The summed E-state index contributed by atoms with van der Waals surface area (Å²) in [6, 6.07) is -0.905. The lowest BCUT2D eigenvalue weighted by Crippen LogP contribution is -2.47. The van der Waals surface area contributed by atoms with Gasteiger partial charge in [-0.25, -0.2) is 4.79 Å². The second-order valence-electron chi connectivity index (χ2n) is 5.54. The Bertz CT molecular complexity index is 352. The summed E-state index contributed by atoms with van der Waals surface area (Å²) in [5.74, 6) is -1.30. The standard InChI is InChI=1S/C12H20N2O4/c13-12(3-1-2-4-12)6-10(16)14-7-8(15)5-9(14)11(17)18/h8-9,15H,1-7,13H2,(H,17,18)/t8?,9-/m0/s1. The predicted molar refractivity (Wildman–Crippen MR) is 63.8 cm³/mol. The molecule has 2 aliphatic rings. The highest BCUT2D eigenvalue weighted by Crippen LogP contribution is 2.31. The molecule has 2 rings (SSSR count). The number of aliphatic carboxylic acids is 1. The second kappa shape index (κ2) is 4.85. The van der Waals surface area contributed by atoms with Gasteiger partial charge in [0.15, 0.2) is 0 Å². The fraction of sp³-hybridized carbons (Fsp3) is 0.833. The highest BCUT2D eigenvalue weighted by atomic mass is 16.4. The Hall–Kier alpha value is -1.14. The lowest BCUT2D eigenvalue weighted by molar-refractivity contribution is -0.148. The Morgan fingerprint density at radius 2 is 1.94 bits per heavy atom. The smallest absolute Gasteiger partial charge is 0.326 e. The van der Waals surface area contributed by atoms with E-state index < -0.39 is 23.7 Å². The maximum absolute atomic E-state index is 12.1. The third-order valence-electron chi connectivity index (χ3n) is 3.99. The molecule has 1 aliphatic heterocycles. The summed E-state index contributed by atoms with van der Waals surface area (Å²) in [6.45, 7) is 0.103. The van der Waals surface area contributed by atoms with Gasteiger partial charge < -0.3 is 20.8 Å². The molecule has 0 radical (unpaired) electrons. The first kappa shape index (κ1) is 13.3. The molecule has 0 bridgehead atoms. The number of nitrogens with two attached hydrogens (primary N) is 1. The quantitative estimate of drug-likeness (QED) is 0.643. The highest BCUT2D eigenvalue weighted by Gasteiger charge is 2.41. The number of nitrogens with zero attached hydrogens (tertiary/aromatic N) is 1. The van der Waals surface area contributed by atoms with Crippen LogP contribution in [0, 0.1) is 0 Å². The topological polar surface area (TPSA) is 104 Å². The van der Waals surface area contributed by atoms with Crippen LogP contribution in [0.25, 0.3) is 0 Å². The van der Waals surface area contributed by atoms with E-state index in [1.165, 1.54) is 4.90 Å². The zero-order chi connectivity index (χ0) is 13.3. The molecule has 0 spiro atoms. The minimum Gasteiger partial charge on any atom is -0.480 e. The van der Waals surface area contributed by atoms with Crippen LogP contribution < -0.4 is 5.73 Å². The molecular weight excluding hydrogens is 236 g/mol. The molecule has 1 heterocycles. The van der Waals surface area contributed by atoms with Crippen molar-refractivity contribution in [3.63, 3.8) is 0 Å². The number of hydrogen-bond acceptors (Lipinski definition) is 4. The van der Waals surface area contributed by atoms with Crippen molar-refractivity contribution in [2.24, 2.45) is 5.73 Å². The van der Waals surface area contributed by atoms with Crippen molar-refractivity contribution < 1.29 is 19.8 Å². The van der Waals surface area contributed by atoms with Gasteiger partial charge >= 0.3 is 5.97 Å². The number of carboxylic acids is 1. The van der Waals surface area contributed by atoms with Gasteiger partial charge in [-0.15, -0.1) is 0 Å². The zero-order valence-electron chi connectivity index (χ0n) is 10.3. The fourth-order valence-electron chi connectivity index (χ4n) is 2.98. The number of carbonyl (C=O) groups excluding carboxylic acids is 1. The van der Waals surface area contributed by atoms with Gasteiger partial charge in [-0.1, -0.05) is 12.8 Å². The van der Waals surface area contributed by atoms with Gasteiger partial charge in [-0.05, 0) is 12.8 Å². The number of hydrogen-bond donors (Lipinski definition) is 3. The third kappa shape index (κ3) is 2.64. The average Bonchev–Trinajstić information content (AvgIpc) is 2.85. The summed E-state index contributed by atoms with van der Waals surface area (Å²) in [5, 5.41) is 18.5. The molecule has 1 amide bonds. The van der Waals surface area contributed by atoms with Crippen molar-refractivity contribution in [3.05, 3.63) is 0 Å². The molecule has 1 saturated carbocycles. The molecule has 18 heavy (non-hydrogen) atoms. The van der Waals surface area contributed by atoms with Gasteiger partial charge in [0.1, 0.15) is 6.04 Å². The van der Waals surface area contributed by atoms with Crippen molar-refractivity contribution in [2.45, 2.75) is 56.2 Å². The van der Waals surface area contributed by atoms with Gasteiger partial charge in [-0.3, -0.25) is 4.79 Å². The van der Waals surface area contributed by atoms with Crippen LogP contribution in [0.4, 0.5) is 0 Å². The first-order valence-corrected chi connectivity index (χ1v) is 6.40. The van der Waals surface area contributed by atoms with E-state index in [2.05, 4.69) is 0 Å². The molecule has 102 valence electrons. The fourth-order valence-corrected chi connectivity index (χ4v) is 2.98. The van der Waals surface area contributed by atoms with Crippen molar-refractivity contribution >= 4 is 11.9 Å². The number of carbonyl (C=O) groups is 2. The Balaban J connectivity index is 2.01. The van der Waals surface area contributed by atoms with Gasteiger partial charge in [-0.2, -0.15) is 0 Å². The summed E-state index contributed by atoms with van der Waals surface area (Å²) >= 11 is 0. The largest absolute Gasteiger partial charge is 0.480 e. The molecule has 1 unspecified atom stereocenters. The number of β-amino-alcohol motifs (C(OH)–C–C–N with tert-alkyl or cyclic N) is 1. The van der Waals surface area contributed by atoms with Crippen LogP contribution in [-0.4, -0.2) is 51.2 Å². The van der Waals surface area contributed by atoms with Crippen LogP contribution in [0.1, 0.15) is 38.5 Å². The normalized spacial score (nSPS) is 30.7. The van der Waals surface area contributed by atoms with E-state index in [4.69, 9.17) is 10.8 Å². The molecule has 6 nitrogen and oxygen atoms in total. The van der Waals surface area contributed by atoms with Gasteiger partial charge in [0.2, 0.25) is 5.91 Å². The Kier molecular flexibility index (Phi) is 3.59. The summed E-state index contributed by atoms with van der Waals surface area (Å²) in [7, 11) is 0. The molecular formula is C12H20N2O4. The first-order valence-electron chi connectivity index (χ1n) is 6.40. The van der Waals surface area contributed by atoms with E-state index >= 15 is 0 Å². The second-order valence-corrected chi connectivity index (χ2v) is 5.54. The zero-order valence-corrected chi connectivity index (χ0v) is 10.3. The maximum atomic E-state index is 12.1. The van der Waals surface area contributed by atoms with Gasteiger partial charge in [0.05, 0.1) is 6.10 Å². The van der Waals surface area contributed by atoms with Crippen molar-refractivity contribution in [3.8, 4) is 0 Å². The lowest BCUT2D eigenvalue weighted by atomic mass is 9.94. The minimum atomic E-state index is -1.06. The summed E-state index contributed by atoms with van der Waals surface area (Å²) < 4.78 is 0. The monoisotopic (exact) mass is 256 g/mol. The lowest BCUT2D eigenvalue weighted by Gasteiger charge is -2.28. The number of likely N-dealkylation sites (tertiary alicyclic amines) is 1. The van der Waals surface area contributed by atoms with E-state index in [1.54, 1.807) is 0 Å². The third-order valence-corrected chi connectivity index (χ3v) is 3.99. The van der Waals surface area contributed by atoms with Crippen molar-refractivity contribution in [1.29, 1.82) is 0 Å². The number of carboxylic acid groups (broad SMARTS) is 1. The molecule has 0 aromatic carbocycles. The van der Waals surface area contributed by atoms with Gasteiger partial charge in [0.25, 0.3) is 0 Å². The van der Waals surface area contributed by atoms with E-state index in [0.717, 1.165) is 25.7 Å². The van der Waals surface area contributed by atoms with Crippen LogP contribution >= 0.6 is 0 Å². The summed E-state index contributed by atoms with van der Waals surface area (Å²) in [5.41, 5.74) is 5.65. The molecule has 1 saturated heterocycles. The van der Waals surface area contributed by atoms with E-state index in [1.807, 2.05) is 0 Å². The highest BCUT2D eigenvalue weighted by molar-refractivity contribution is 5.85. The molecule has 4 N–H and O–H groups in total. The van der Waals surface area contributed by atoms with Crippen LogP contribution in [0.15, 0.2) is 0 Å². The molecule has 1 aliphatic carbocycles. The molecule has 0 aromatic heterocycles. The number of amides is 1. The SMILES string of the molecule is NC1(CC(=O)N2CC(O)C[C@H]2C(=O)O)CCCC1. The number of rotatable bonds is 3. The number of aliphatic hydroxyl groups is 1. The summed E-state index contributed by atoms with van der Waals surface area (Å²) in [6.07, 6.45) is 3.22. The molecule has 2 fully saturated rings. The summed E-state index contributed by atoms with van der Waals surface area (Å²) in [4.78, 5) is 24.4. The van der Waals surface area contributed by atoms with E-state index in [0.29, 0.717) is 0 Å². The molecule has 2 atom stereocenters. The van der Waals surface area contributed by atoms with Crippen LogP contribution in [0.3, 0.4) is 0 Å². The first-order chi connectivity index (χ1) is 8.41. The minimum absolute atomic E-state index is 0.103. The van der Waals surface area contributed by atoms with Gasteiger partial charge in [0, 0.05) is 24.9 Å². The Morgan fingerprint density at radius 1 is 1.33 bits per heavy atom. The number of aliphatic hydroxyl groups excluding tert-OH is 1. The van der Waals surface area contributed by atoms with Crippen LogP contribution in [-0.2, 0) is 9.59 Å². The predicted octanol–water partition coefficient (Wildman–Crippen LogP) is -0.306. The van der Waals surface area contributed by atoms with E-state index in [9.17, 15) is 14.7 Å². The van der Waals surface area contributed by atoms with Crippen molar-refractivity contribution in [2.75, 3.05) is 6.54 Å². The van der Waals surface area contributed by atoms with Crippen LogP contribution in [0.5, 0.6) is 0 Å². The maximum Gasteiger partial charge on any atom is 0.326 e. The van der Waals surface area contributed by atoms with E-state index in [-0.39, 0.29) is 25.3 Å². The molecule has 6 heteroatoms. The van der Waals surface area contributed by atoms with Crippen molar-refractivity contribution in [1.82, 2.24) is 4.90 Å². The Labute approximate surface area is 106 Å².